The first-order valence-electron chi connectivity index (χ1n) is 2.93. The molecule has 0 aromatic heterocycles. The van der Waals surface area contributed by atoms with Crippen molar-refractivity contribution in [3.05, 3.63) is 25.5 Å². The third-order valence-electron chi connectivity index (χ3n) is 1.41. The number of nitrogens with two attached hydrogens (primary N) is 1. The first-order chi connectivity index (χ1) is 5.04. The highest BCUT2D eigenvalue weighted by atomic mass is 127. The van der Waals surface area contributed by atoms with Gasteiger partial charge in [-0.2, -0.15) is 0 Å². The summed E-state index contributed by atoms with van der Waals surface area (Å²) >= 11 is 5.11. The van der Waals surface area contributed by atoms with E-state index in [0.29, 0.717) is 10.2 Å². The number of anilines is 1. The second kappa shape index (κ2) is 3.26. The van der Waals surface area contributed by atoms with Crippen LogP contribution in [-0.2, 0) is 0 Å². The van der Waals surface area contributed by atoms with Gasteiger partial charge in [0.2, 0.25) is 0 Å². The van der Waals surface area contributed by atoms with Crippen LogP contribution < -0.4 is 5.73 Å². The molecule has 1 aromatic carbocycles. The van der Waals surface area contributed by atoms with E-state index in [1.807, 2.05) is 22.6 Å². The summed E-state index contributed by atoms with van der Waals surface area (Å²) < 4.78 is 14.1. The molecule has 0 amide bonds. The molecule has 60 valence electrons. The van der Waals surface area contributed by atoms with E-state index in [0.717, 1.165) is 9.13 Å². The smallest absolute Gasteiger partial charge is 0.138 e. The molecule has 0 aliphatic rings. The number of benzene rings is 1. The summed E-state index contributed by atoms with van der Waals surface area (Å²) in [6, 6.07) is 1.42. The highest BCUT2D eigenvalue weighted by molar-refractivity contribution is 14.1. The van der Waals surface area contributed by atoms with Gasteiger partial charge in [-0.05, 0) is 57.1 Å². The maximum Gasteiger partial charge on any atom is 0.138 e. The van der Waals surface area contributed by atoms with Crippen LogP contribution in [0.3, 0.4) is 0 Å². The Kier molecular flexibility index (Phi) is 2.74. The lowest BCUT2D eigenvalue weighted by Gasteiger charge is -2.05. The first kappa shape index (κ1) is 9.25. The average molecular weight is 330 g/mol. The molecule has 0 heterocycles. The minimum atomic E-state index is -0.263. The molecule has 1 aromatic rings. The molecule has 1 nitrogen and oxygen atoms in total. The average Bonchev–Trinajstić information content (AvgIpc) is 1.97. The minimum absolute atomic E-state index is 0.263. The molecule has 0 aliphatic carbocycles. The van der Waals surface area contributed by atoms with Gasteiger partial charge in [0.15, 0.2) is 0 Å². The van der Waals surface area contributed by atoms with Crippen LogP contribution in [0.2, 0.25) is 0 Å². The van der Waals surface area contributed by atoms with E-state index in [1.54, 1.807) is 6.92 Å². The van der Waals surface area contributed by atoms with Crippen LogP contribution >= 0.6 is 38.5 Å². The molecule has 0 saturated carbocycles. The van der Waals surface area contributed by atoms with Crippen molar-refractivity contribution in [3.63, 3.8) is 0 Å². The van der Waals surface area contributed by atoms with E-state index in [9.17, 15) is 4.39 Å². The highest BCUT2D eigenvalue weighted by Crippen LogP contribution is 2.29. The second-order valence-corrected chi connectivity index (χ2v) is 4.09. The zero-order chi connectivity index (χ0) is 8.59. The molecule has 0 spiro atoms. The van der Waals surface area contributed by atoms with Crippen LogP contribution in [-0.4, -0.2) is 0 Å². The minimum Gasteiger partial charge on any atom is -0.398 e. The summed E-state index contributed by atoms with van der Waals surface area (Å²) in [7, 11) is 0. The van der Waals surface area contributed by atoms with Crippen LogP contribution in [0.1, 0.15) is 5.56 Å². The lowest BCUT2D eigenvalue weighted by Crippen LogP contribution is -1.96. The molecule has 4 heteroatoms. The molecule has 0 saturated heterocycles. The predicted octanol–water partition coefficient (Wildman–Crippen LogP) is 3.08. The van der Waals surface area contributed by atoms with Gasteiger partial charge in [-0.15, -0.1) is 0 Å². The highest BCUT2D eigenvalue weighted by Gasteiger charge is 2.08. The standard InChI is InChI=1S/C7H6BrFIN/c1-3-2-4(9)5(8)6(10)7(3)11/h2H,11H2,1H3. The van der Waals surface area contributed by atoms with E-state index in [2.05, 4.69) is 15.9 Å². The number of nitrogen functional groups attached to an aromatic ring is 1. The van der Waals surface area contributed by atoms with Gasteiger partial charge >= 0.3 is 0 Å². The molecule has 0 unspecified atom stereocenters. The number of hydrogen-bond acceptors (Lipinski definition) is 1. The van der Waals surface area contributed by atoms with Gasteiger partial charge in [-0.1, -0.05) is 0 Å². The van der Waals surface area contributed by atoms with Gasteiger partial charge in [0.25, 0.3) is 0 Å². The molecule has 0 aliphatic heterocycles. The van der Waals surface area contributed by atoms with Crippen LogP contribution in [0, 0.1) is 16.3 Å². The van der Waals surface area contributed by atoms with Crippen molar-refractivity contribution >= 4 is 44.2 Å². The molecular weight excluding hydrogens is 324 g/mol. The summed E-state index contributed by atoms with van der Waals surface area (Å²) in [6.07, 6.45) is 0. The van der Waals surface area contributed by atoms with E-state index in [4.69, 9.17) is 5.73 Å². The summed E-state index contributed by atoms with van der Waals surface area (Å²) in [5, 5.41) is 0. The summed E-state index contributed by atoms with van der Waals surface area (Å²) in [5.41, 5.74) is 7.06. The fourth-order valence-corrected chi connectivity index (χ4v) is 1.74. The van der Waals surface area contributed by atoms with Crippen LogP contribution in [0.4, 0.5) is 10.1 Å². The molecular formula is C7H6BrFIN. The first-order valence-corrected chi connectivity index (χ1v) is 4.80. The Balaban J connectivity index is 3.46. The molecule has 0 atom stereocenters. The van der Waals surface area contributed by atoms with Crippen LogP contribution in [0.5, 0.6) is 0 Å². The van der Waals surface area contributed by atoms with E-state index >= 15 is 0 Å². The Bertz CT molecular complexity index is 275. The maximum absolute atomic E-state index is 12.9. The van der Waals surface area contributed by atoms with E-state index in [-0.39, 0.29) is 5.82 Å². The Morgan fingerprint density at radius 1 is 1.64 bits per heavy atom. The number of halogens is 3. The van der Waals surface area contributed by atoms with Crippen molar-refractivity contribution in [3.8, 4) is 0 Å². The fraction of sp³-hybridized carbons (Fsp3) is 0.143. The number of rotatable bonds is 0. The van der Waals surface area contributed by atoms with E-state index in [1.165, 1.54) is 6.07 Å². The van der Waals surface area contributed by atoms with Gasteiger partial charge in [-0.25, -0.2) is 4.39 Å². The fourth-order valence-electron chi connectivity index (χ4n) is 0.727. The van der Waals surface area contributed by atoms with Gasteiger partial charge in [0.05, 0.1) is 8.04 Å². The van der Waals surface area contributed by atoms with Crippen molar-refractivity contribution in [1.29, 1.82) is 0 Å². The zero-order valence-corrected chi connectivity index (χ0v) is 9.53. The molecule has 11 heavy (non-hydrogen) atoms. The van der Waals surface area contributed by atoms with E-state index < -0.39 is 0 Å². The SMILES string of the molecule is Cc1cc(F)c(Br)c(I)c1N. The van der Waals surface area contributed by atoms with Crippen LogP contribution in [0.15, 0.2) is 10.5 Å². The predicted molar refractivity (Wildman–Crippen MR) is 56.0 cm³/mol. The molecule has 1 rings (SSSR count). The Labute approximate surface area is 86.4 Å². The van der Waals surface area contributed by atoms with Crippen molar-refractivity contribution < 1.29 is 4.39 Å². The van der Waals surface area contributed by atoms with Crippen molar-refractivity contribution in [1.82, 2.24) is 0 Å². The molecule has 0 fully saturated rings. The summed E-state index contributed by atoms with van der Waals surface area (Å²) in [6.45, 7) is 1.78. The van der Waals surface area contributed by atoms with Gasteiger partial charge < -0.3 is 5.73 Å². The Hall–Kier alpha value is 0.160. The van der Waals surface area contributed by atoms with Gasteiger partial charge in [0.1, 0.15) is 5.82 Å². The number of hydrogen-bond donors (Lipinski definition) is 1. The quantitative estimate of drug-likeness (QED) is 0.442. The third-order valence-corrected chi connectivity index (χ3v) is 4.04. The molecule has 2 N–H and O–H groups in total. The maximum atomic E-state index is 12.9. The largest absolute Gasteiger partial charge is 0.398 e. The van der Waals surface area contributed by atoms with Crippen LogP contribution in [0.25, 0.3) is 0 Å². The van der Waals surface area contributed by atoms with Crippen molar-refractivity contribution in [2.75, 3.05) is 5.73 Å². The zero-order valence-electron chi connectivity index (χ0n) is 5.79. The van der Waals surface area contributed by atoms with Crippen molar-refractivity contribution in [2.24, 2.45) is 0 Å². The van der Waals surface area contributed by atoms with Gasteiger partial charge in [-0.3, -0.25) is 0 Å². The summed E-state index contributed by atoms with van der Waals surface area (Å²) in [4.78, 5) is 0. The van der Waals surface area contributed by atoms with Gasteiger partial charge in [0, 0.05) is 5.69 Å². The lowest BCUT2D eigenvalue weighted by molar-refractivity contribution is 0.619. The number of aryl methyl sites for hydroxylation is 1. The normalized spacial score (nSPS) is 10.2. The topological polar surface area (TPSA) is 26.0 Å². The molecule has 0 radical (unpaired) electrons. The third kappa shape index (κ3) is 1.66. The Morgan fingerprint density at radius 2 is 2.18 bits per heavy atom. The lowest BCUT2D eigenvalue weighted by atomic mass is 10.2. The second-order valence-electron chi connectivity index (χ2n) is 2.22. The van der Waals surface area contributed by atoms with Crippen molar-refractivity contribution in [2.45, 2.75) is 6.92 Å². The molecule has 0 bridgehead atoms. The monoisotopic (exact) mass is 329 g/mol. The summed E-state index contributed by atoms with van der Waals surface area (Å²) in [5.74, 6) is -0.263. The Morgan fingerprint density at radius 3 is 2.73 bits per heavy atom.